The zero-order valence-corrected chi connectivity index (χ0v) is 20.6. The van der Waals surface area contributed by atoms with Crippen molar-refractivity contribution in [3.8, 4) is 16.9 Å². The number of nitrogens with zero attached hydrogens (tertiary/aromatic N) is 2. The van der Waals surface area contributed by atoms with Gasteiger partial charge < -0.3 is 18.8 Å². The van der Waals surface area contributed by atoms with Gasteiger partial charge in [-0.05, 0) is 48.5 Å². The summed E-state index contributed by atoms with van der Waals surface area (Å²) in [7, 11) is 0. The molecule has 1 N–H and O–H groups in total. The fraction of sp³-hybridized carbons (Fsp3) is 0.172. The molecule has 0 bridgehead atoms. The Hall–Kier alpha value is -4.07. The van der Waals surface area contributed by atoms with Gasteiger partial charge in [0.15, 0.2) is 0 Å². The van der Waals surface area contributed by atoms with Gasteiger partial charge in [-0.15, -0.1) is 0 Å². The van der Waals surface area contributed by atoms with Crippen LogP contribution >= 0.6 is 11.6 Å². The van der Waals surface area contributed by atoms with Crippen LogP contribution in [0.25, 0.3) is 33.1 Å². The number of anilines is 1. The summed E-state index contributed by atoms with van der Waals surface area (Å²) < 4.78 is 11.1. The Morgan fingerprint density at radius 2 is 1.62 bits per heavy atom. The van der Waals surface area contributed by atoms with E-state index in [1.54, 1.807) is 36.4 Å². The Balaban J connectivity index is 1.38. The molecule has 0 saturated carbocycles. The van der Waals surface area contributed by atoms with Gasteiger partial charge in [0.05, 0.1) is 11.1 Å². The van der Waals surface area contributed by atoms with Gasteiger partial charge >= 0.3 is 11.3 Å². The Bertz CT molecular complexity index is 1740. The minimum absolute atomic E-state index is 0.0376. The second-order valence-electron chi connectivity index (χ2n) is 9.15. The van der Waals surface area contributed by atoms with Gasteiger partial charge in [-0.3, -0.25) is 4.90 Å². The van der Waals surface area contributed by atoms with Crippen LogP contribution in [0.3, 0.4) is 0 Å². The zero-order chi connectivity index (χ0) is 25.5. The molecule has 0 radical (unpaired) electrons. The van der Waals surface area contributed by atoms with Crippen molar-refractivity contribution in [3.63, 3.8) is 0 Å². The standard InChI is InChI=1S/C29H23ClN2O5/c30-19-6-9-26-18(14-19)15-23(29(35)36-26)22-16-27(34)37-28-21(22)7-8-25(33)24(28)17-31-10-12-32(13-11-31)20-4-2-1-3-5-20/h1-9,14-16,33H,10-13,17H2. The first-order chi connectivity index (χ1) is 18.0. The van der Waals surface area contributed by atoms with Crippen molar-refractivity contribution < 1.29 is 13.9 Å². The highest BCUT2D eigenvalue weighted by Crippen LogP contribution is 2.34. The normalized spacial score (nSPS) is 14.5. The molecule has 1 aliphatic heterocycles. The van der Waals surface area contributed by atoms with E-state index in [-0.39, 0.29) is 16.9 Å². The maximum atomic E-state index is 12.9. The summed E-state index contributed by atoms with van der Waals surface area (Å²) in [4.78, 5) is 30.1. The number of phenols is 1. The summed E-state index contributed by atoms with van der Waals surface area (Å²) in [5, 5.41) is 12.4. The van der Waals surface area contributed by atoms with E-state index in [9.17, 15) is 14.7 Å². The zero-order valence-electron chi connectivity index (χ0n) is 19.8. The third-order valence-corrected chi connectivity index (χ3v) is 7.09. The molecule has 3 aromatic carbocycles. The van der Waals surface area contributed by atoms with Crippen LogP contribution in [0.5, 0.6) is 5.75 Å². The lowest BCUT2D eigenvalue weighted by atomic mass is 9.99. The number of hydrogen-bond acceptors (Lipinski definition) is 7. The fourth-order valence-corrected chi connectivity index (χ4v) is 5.14. The van der Waals surface area contributed by atoms with Crippen molar-refractivity contribution in [2.24, 2.45) is 0 Å². The number of piperazine rings is 1. The van der Waals surface area contributed by atoms with Crippen LogP contribution in [0, 0.1) is 0 Å². The van der Waals surface area contributed by atoms with Gasteiger partial charge in [0, 0.05) is 65.8 Å². The van der Waals surface area contributed by atoms with E-state index < -0.39 is 11.3 Å². The van der Waals surface area contributed by atoms with Crippen molar-refractivity contribution >= 4 is 39.2 Å². The molecule has 8 heteroatoms. The SMILES string of the molecule is O=c1cc(-c2cc3cc(Cl)ccc3oc2=O)c2ccc(O)c(CN3CCN(c4ccccc4)CC3)c2o1. The number of hydrogen-bond donors (Lipinski definition) is 1. The summed E-state index contributed by atoms with van der Waals surface area (Å²) in [5.41, 5.74) is 1.77. The first kappa shape index (κ1) is 23.3. The molecule has 5 aromatic rings. The summed E-state index contributed by atoms with van der Waals surface area (Å²) in [6.07, 6.45) is 0. The lowest BCUT2D eigenvalue weighted by molar-refractivity contribution is 0.246. The van der Waals surface area contributed by atoms with E-state index in [2.05, 4.69) is 21.9 Å². The summed E-state index contributed by atoms with van der Waals surface area (Å²) >= 11 is 6.13. The summed E-state index contributed by atoms with van der Waals surface area (Å²) in [6, 6.07) is 21.4. The average Bonchev–Trinajstić information content (AvgIpc) is 2.91. The molecular formula is C29H23ClN2O5. The van der Waals surface area contributed by atoms with Crippen LogP contribution in [0.2, 0.25) is 5.02 Å². The maximum Gasteiger partial charge on any atom is 0.344 e. The first-order valence-electron chi connectivity index (χ1n) is 12.0. The molecule has 3 heterocycles. The number of para-hydroxylation sites is 1. The van der Waals surface area contributed by atoms with Gasteiger partial charge in [-0.2, -0.15) is 0 Å². The topological polar surface area (TPSA) is 87.1 Å². The van der Waals surface area contributed by atoms with E-state index in [4.69, 9.17) is 20.4 Å². The molecule has 1 aliphatic rings. The minimum Gasteiger partial charge on any atom is -0.507 e. The molecule has 6 rings (SSSR count). The highest BCUT2D eigenvalue weighted by Gasteiger charge is 2.22. The van der Waals surface area contributed by atoms with Gasteiger partial charge in [-0.1, -0.05) is 29.8 Å². The Kier molecular flexibility index (Phi) is 5.94. The molecule has 0 amide bonds. The number of aromatic hydroxyl groups is 1. The Morgan fingerprint density at radius 1 is 0.838 bits per heavy atom. The highest BCUT2D eigenvalue weighted by molar-refractivity contribution is 6.31. The van der Waals surface area contributed by atoms with E-state index in [1.807, 2.05) is 18.2 Å². The van der Waals surface area contributed by atoms with Crippen LogP contribution in [0.15, 0.2) is 91.2 Å². The van der Waals surface area contributed by atoms with Crippen LogP contribution in [0.1, 0.15) is 5.56 Å². The van der Waals surface area contributed by atoms with Crippen LogP contribution in [-0.4, -0.2) is 36.2 Å². The van der Waals surface area contributed by atoms with E-state index in [0.717, 1.165) is 26.2 Å². The average molecular weight is 515 g/mol. The van der Waals surface area contributed by atoms with Crippen molar-refractivity contribution in [3.05, 3.63) is 104 Å². The quantitative estimate of drug-likeness (QED) is 0.328. The molecule has 0 atom stereocenters. The fourth-order valence-electron chi connectivity index (χ4n) is 4.96. The lowest BCUT2D eigenvalue weighted by Gasteiger charge is -2.36. The van der Waals surface area contributed by atoms with Gasteiger partial charge in [0.1, 0.15) is 16.9 Å². The monoisotopic (exact) mass is 514 g/mol. The number of phenolic OH excluding ortho intramolecular Hbond substituents is 1. The Labute approximate surface area is 216 Å². The number of benzene rings is 3. The molecule has 37 heavy (non-hydrogen) atoms. The van der Waals surface area contributed by atoms with Gasteiger partial charge in [0.2, 0.25) is 0 Å². The van der Waals surface area contributed by atoms with E-state index >= 15 is 0 Å². The molecule has 0 aliphatic carbocycles. The van der Waals surface area contributed by atoms with Crippen molar-refractivity contribution in [2.75, 3.05) is 31.1 Å². The van der Waals surface area contributed by atoms with Gasteiger partial charge in [-0.25, -0.2) is 9.59 Å². The molecule has 2 aromatic heterocycles. The van der Waals surface area contributed by atoms with Crippen LogP contribution in [-0.2, 0) is 6.54 Å². The third kappa shape index (κ3) is 4.48. The second kappa shape index (κ2) is 9.42. The van der Waals surface area contributed by atoms with Crippen molar-refractivity contribution in [2.45, 2.75) is 6.54 Å². The number of fused-ring (bicyclic) bond motifs is 2. The number of rotatable bonds is 4. The molecule has 7 nitrogen and oxygen atoms in total. The van der Waals surface area contributed by atoms with Crippen molar-refractivity contribution in [1.29, 1.82) is 0 Å². The van der Waals surface area contributed by atoms with E-state index in [1.165, 1.54) is 11.8 Å². The largest absolute Gasteiger partial charge is 0.507 e. The van der Waals surface area contributed by atoms with Crippen molar-refractivity contribution in [1.82, 2.24) is 4.90 Å². The highest BCUT2D eigenvalue weighted by atomic mass is 35.5. The smallest absolute Gasteiger partial charge is 0.344 e. The van der Waals surface area contributed by atoms with Crippen LogP contribution < -0.4 is 16.2 Å². The van der Waals surface area contributed by atoms with Crippen LogP contribution in [0.4, 0.5) is 5.69 Å². The predicted octanol–water partition coefficient (Wildman–Crippen LogP) is 5.25. The maximum absolute atomic E-state index is 12.9. The first-order valence-corrected chi connectivity index (χ1v) is 12.4. The molecular weight excluding hydrogens is 492 g/mol. The minimum atomic E-state index is -0.617. The summed E-state index contributed by atoms with van der Waals surface area (Å²) in [5.74, 6) is 0.0376. The van der Waals surface area contributed by atoms with Gasteiger partial charge in [0.25, 0.3) is 0 Å². The molecule has 186 valence electrons. The third-order valence-electron chi connectivity index (χ3n) is 6.85. The summed E-state index contributed by atoms with van der Waals surface area (Å²) in [6.45, 7) is 3.64. The molecule has 0 unspecified atom stereocenters. The molecule has 1 fully saturated rings. The lowest BCUT2D eigenvalue weighted by Crippen LogP contribution is -2.46. The second-order valence-corrected chi connectivity index (χ2v) is 9.58. The van der Waals surface area contributed by atoms with E-state index in [0.29, 0.717) is 39.0 Å². The molecule has 1 saturated heterocycles. The Morgan fingerprint density at radius 3 is 2.41 bits per heavy atom. The number of halogens is 1. The predicted molar refractivity (Wildman–Crippen MR) is 145 cm³/mol. The molecule has 0 spiro atoms.